The summed E-state index contributed by atoms with van der Waals surface area (Å²) in [7, 11) is 3.00. The molecule has 0 fully saturated rings. The van der Waals surface area contributed by atoms with E-state index < -0.39 is 11.5 Å². The molecule has 6 nitrogen and oxygen atoms in total. The zero-order valence-corrected chi connectivity index (χ0v) is 19.5. The van der Waals surface area contributed by atoms with Crippen LogP contribution in [0.15, 0.2) is 84.9 Å². The van der Waals surface area contributed by atoms with Crippen LogP contribution in [0.1, 0.15) is 27.9 Å². The number of para-hydroxylation sites is 1. The Kier molecular flexibility index (Phi) is 5.75. The predicted octanol–water partition coefficient (Wildman–Crippen LogP) is 4.86. The summed E-state index contributed by atoms with van der Waals surface area (Å²) in [6, 6.07) is 25.9. The van der Waals surface area contributed by atoms with E-state index in [4.69, 9.17) is 9.47 Å². The van der Waals surface area contributed by atoms with Crippen molar-refractivity contribution in [3.8, 4) is 11.5 Å². The minimum absolute atomic E-state index is 0.285. The molecule has 176 valence electrons. The predicted molar refractivity (Wildman–Crippen MR) is 134 cm³/mol. The van der Waals surface area contributed by atoms with Gasteiger partial charge in [-0.15, -0.1) is 0 Å². The van der Waals surface area contributed by atoms with Crippen LogP contribution in [0.25, 0.3) is 10.8 Å². The van der Waals surface area contributed by atoms with Crippen molar-refractivity contribution in [3.05, 3.63) is 102 Å². The van der Waals surface area contributed by atoms with Gasteiger partial charge in [-0.1, -0.05) is 54.6 Å². The van der Waals surface area contributed by atoms with E-state index >= 15 is 0 Å². The lowest BCUT2D eigenvalue weighted by Crippen LogP contribution is -2.41. The van der Waals surface area contributed by atoms with Crippen molar-refractivity contribution in [2.75, 3.05) is 19.1 Å². The van der Waals surface area contributed by atoms with Gasteiger partial charge in [-0.3, -0.25) is 9.59 Å². The highest BCUT2D eigenvalue weighted by Gasteiger charge is 2.50. The van der Waals surface area contributed by atoms with Gasteiger partial charge < -0.3 is 19.5 Å². The van der Waals surface area contributed by atoms with Crippen LogP contribution in [0.3, 0.4) is 0 Å². The Bertz CT molecular complexity index is 1450. The molecule has 0 saturated heterocycles. The molecule has 1 N–H and O–H groups in total. The van der Waals surface area contributed by atoms with E-state index in [-0.39, 0.29) is 18.7 Å². The van der Waals surface area contributed by atoms with Crippen LogP contribution in [0, 0.1) is 0 Å². The molecule has 0 saturated carbocycles. The molecular weight excluding hydrogens is 442 g/mol. The van der Waals surface area contributed by atoms with Crippen molar-refractivity contribution < 1.29 is 24.2 Å². The van der Waals surface area contributed by atoms with E-state index in [1.807, 2.05) is 48.5 Å². The standard InChI is InChI=1S/C29H25NO5/c1-34-26-14-13-22(16-27(26)35-2)25(31)17-29(33)23-9-5-6-10-24(23)30(28(29)32)18-19-11-12-20-7-3-4-8-21(20)15-19/h3-16,33H,17-18H2,1-2H3. The molecule has 1 atom stereocenters. The maximum Gasteiger partial charge on any atom is 0.264 e. The monoisotopic (exact) mass is 467 g/mol. The van der Waals surface area contributed by atoms with Crippen molar-refractivity contribution in [1.29, 1.82) is 0 Å². The first-order chi connectivity index (χ1) is 16.9. The lowest BCUT2D eigenvalue weighted by atomic mass is 9.88. The lowest BCUT2D eigenvalue weighted by Gasteiger charge is -2.23. The van der Waals surface area contributed by atoms with E-state index in [1.54, 1.807) is 41.3 Å². The topological polar surface area (TPSA) is 76.1 Å². The largest absolute Gasteiger partial charge is 0.493 e. The van der Waals surface area contributed by atoms with Gasteiger partial charge in [0.15, 0.2) is 22.9 Å². The molecule has 0 aliphatic carbocycles. The average Bonchev–Trinajstić information content (AvgIpc) is 3.09. The van der Waals surface area contributed by atoms with Crippen LogP contribution in [0.5, 0.6) is 11.5 Å². The summed E-state index contributed by atoms with van der Waals surface area (Å²) in [4.78, 5) is 28.4. The Morgan fingerprint density at radius 3 is 2.34 bits per heavy atom. The number of amides is 1. The maximum absolute atomic E-state index is 13.6. The number of carbonyl (C=O) groups is 2. The minimum atomic E-state index is -1.96. The number of fused-ring (bicyclic) bond motifs is 2. The fraction of sp³-hybridized carbons (Fsp3) is 0.172. The normalized spacial score (nSPS) is 16.9. The highest BCUT2D eigenvalue weighted by molar-refractivity contribution is 6.10. The number of carbonyl (C=O) groups excluding carboxylic acids is 2. The van der Waals surface area contributed by atoms with Crippen LogP contribution < -0.4 is 14.4 Å². The number of benzene rings is 4. The Labute approximate surface area is 203 Å². The second kappa shape index (κ2) is 8.89. The van der Waals surface area contributed by atoms with E-state index in [2.05, 4.69) is 0 Å². The molecule has 1 unspecified atom stereocenters. The molecule has 4 aromatic rings. The molecule has 4 aromatic carbocycles. The van der Waals surface area contributed by atoms with Crippen LogP contribution in [-0.2, 0) is 16.9 Å². The van der Waals surface area contributed by atoms with Gasteiger partial charge in [0.25, 0.3) is 5.91 Å². The van der Waals surface area contributed by atoms with Crippen molar-refractivity contribution in [2.24, 2.45) is 0 Å². The Morgan fingerprint density at radius 1 is 0.857 bits per heavy atom. The molecule has 0 radical (unpaired) electrons. The average molecular weight is 468 g/mol. The first-order valence-corrected chi connectivity index (χ1v) is 11.3. The Hall–Kier alpha value is -4.16. The summed E-state index contributed by atoms with van der Waals surface area (Å²) in [5.41, 5.74) is 0.335. The van der Waals surface area contributed by atoms with Gasteiger partial charge in [0.2, 0.25) is 0 Å². The fourth-order valence-corrected chi connectivity index (χ4v) is 4.70. The highest BCUT2D eigenvalue weighted by atomic mass is 16.5. The molecule has 0 bridgehead atoms. The molecule has 1 heterocycles. The van der Waals surface area contributed by atoms with Gasteiger partial charge >= 0.3 is 0 Å². The van der Waals surface area contributed by atoms with Gasteiger partial charge in [0, 0.05) is 11.1 Å². The zero-order chi connectivity index (χ0) is 24.6. The molecule has 1 aliphatic rings. The first-order valence-electron chi connectivity index (χ1n) is 11.3. The van der Waals surface area contributed by atoms with Crippen LogP contribution in [0.2, 0.25) is 0 Å². The first kappa shape index (κ1) is 22.6. The summed E-state index contributed by atoms with van der Waals surface area (Å²) in [5, 5.41) is 13.8. The molecule has 5 rings (SSSR count). The Morgan fingerprint density at radius 2 is 1.57 bits per heavy atom. The molecule has 0 spiro atoms. The third kappa shape index (κ3) is 3.92. The summed E-state index contributed by atoms with van der Waals surface area (Å²) in [5.74, 6) is 0.0119. The SMILES string of the molecule is COc1ccc(C(=O)CC2(O)C(=O)N(Cc3ccc4ccccc4c3)c3ccccc32)cc1OC. The molecular formula is C29H25NO5. The number of aliphatic hydroxyl groups is 1. The summed E-state index contributed by atoms with van der Waals surface area (Å²) >= 11 is 0. The minimum Gasteiger partial charge on any atom is -0.493 e. The van der Waals surface area contributed by atoms with E-state index in [0.29, 0.717) is 28.3 Å². The van der Waals surface area contributed by atoms with Gasteiger partial charge in [0.1, 0.15) is 0 Å². The number of rotatable bonds is 7. The number of ketones is 1. The number of hydrogen-bond acceptors (Lipinski definition) is 5. The number of Topliss-reactive ketones (excluding diaryl/α,β-unsaturated/α-hetero) is 1. The second-order valence-corrected chi connectivity index (χ2v) is 8.62. The van der Waals surface area contributed by atoms with E-state index in [0.717, 1.165) is 16.3 Å². The second-order valence-electron chi connectivity index (χ2n) is 8.62. The van der Waals surface area contributed by atoms with Crippen LogP contribution in [0.4, 0.5) is 5.69 Å². The number of nitrogens with zero attached hydrogens (tertiary/aromatic N) is 1. The fourth-order valence-electron chi connectivity index (χ4n) is 4.70. The van der Waals surface area contributed by atoms with Gasteiger partial charge in [-0.05, 0) is 46.7 Å². The summed E-state index contributed by atoms with van der Waals surface area (Å²) in [6.07, 6.45) is -0.382. The molecule has 1 amide bonds. The quantitative estimate of drug-likeness (QED) is 0.393. The lowest BCUT2D eigenvalue weighted by molar-refractivity contribution is -0.136. The Balaban J connectivity index is 1.46. The smallest absolute Gasteiger partial charge is 0.264 e. The van der Waals surface area contributed by atoms with E-state index in [9.17, 15) is 14.7 Å². The van der Waals surface area contributed by atoms with Crippen molar-refractivity contribution in [2.45, 2.75) is 18.6 Å². The third-order valence-electron chi connectivity index (χ3n) is 6.52. The zero-order valence-electron chi connectivity index (χ0n) is 19.5. The molecule has 35 heavy (non-hydrogen) atoms. The van der Waals surface area contributed by atoms with Crippen molar-refractivity contribution in [3.63, 3.8) is 0 Å². The maximum atomic E-state index is 13.6. The summed E-state index contributed by atoms with van der Waals surface area (Å²) in [6.45, 7) is 0.285. The van der Waals surface area contributed by atoms with Gasteiger partial charge in [-0.25, -0.2) is 0 Å². The van der Waals surface area contributed by atoms with Crippen molar-refractivity contribution >= 4 is 28.2 Å². The molecule has 1 aliphatic heterocycles. The summed E-state index contributed by atoms with van der Waals surface area (Å²) < 4.78 is 10.5. The van der Waals surface area contributed by atoms with E-state index in [1.165, 1.54) is 14.2 Å². The highest BCUT2D eigenvalue weighted by Crippen LogP contribution is 2.44. The van der Waals surface area contributed by atoms with Crippen LogP contribution >= 0.6 is 0 Å². The third-order valence-corrected chi connectivity index (χ3v) is 6.52. The molecule has 0 aromatic heterocycles. The van der Waals surface area contributed by atoms with Crippen molar-refractivity contribution in [1.82, 2.24) is 0 Å². The number of methoxy groups -OCH3 is 2. The van der Waals surface area contributed by atoms with Crippen LogP contribution in [-0.4, -0.2) is 31.0 Å². The van der Waals surface area contributed by atoms with Gasteiger partial charge in [-0.2, -0.15) is 0 Å². The number of hydrogen-bond donors (Lipinski definition) is 1. The molecule has 6 heteroatoms. The number of ether oxygens (including phenoxy) is 2. The van der Waals surface area contributed by atoms with Gasteiger partial charge in [0.05, 0.1) is 32.9 Å². The number of anilines is 1.